The van der Waals surface area contributed by atoms with Crippen LogP contribution in [-0.4, -0.2) is 71.5 Å². The van der Waals surface area contributed by atoms with Gasteiger partial charge in [0.25, 0.3) is 0 Å². The minimum Gasteiger partial charge on any atom is -0.392 e. The Morgan fingerprint density at radius 3 is 2.55 bits per heavy atom. The van der Waals surface area contributed by atoms with Gasteiger partial charge < -0.3 is 14.4 Å². The molecule has 2 aromatic rings. The summed E-state index contributed by atoms with van der Waals surface area (Å²) in [6.07, 6.45) is 5.33. The Morgan fingerprint density at radius 2 is 1.88 bits per heavy atom. The lowest BCUT2D eigenvalue weighted by Crippen LogP contribution is -2.43. The molecule has 1 aliphatic rings. The molecule has 182 valence electrons. The second kappa shape index (κ2) is 12.5. The zero-order valence-electron chi connectivity index (χ0n) is 20.9. The van der Waals surface area contributed by atoms with Gasteiger partial charge in [0, 0.05) is 57.7 Å². The van der Waals surface area contributed by atoms with Crippen LogP contribution in [0.3, 0.4) is 0 Å². The van der Waals surface area contributed by atoms with Crippen LogP contribution in [0.15, 0.2) is 55.3 Å². The lowest BCUT2D eigenvalue weighted by molar-refractivity contribution is 0.0286. The van der Waals surface area contributed by atoms with Crippen molar-refractivity contribution in [1.29, 1.82) is 0 Å². The molecular weight excluding hydrogens is 410 g/mol. The van der Waals surface area contributed by atoms with Gasteiger partial charge in [-0.05, 0) is 41.5 Å². The van der Waals surface area contributed by atoms with Crippen LogP contribution in [0.1, 0.15) is 50.4 Å². The number of aliphatic hydroxyl groups excluding tert-OH is 1. The van der Waals surface area contributed by atoms with Gasteiger partial charge in [-0.1, -0.05) is 51.1 Å². The van der Waals surface area contributed by atoms with Crippen molar-refractivity contribution in [3.05, 3.63) is 72.1 Å². The second-order valence-corrected chi connectivity index (χ2v) is 10.3. The molecule has 0 radical (unpaired) electrons. The number of benzene rings is 1. The van der Waals surface area contributed by atoms with Gasteiger partial charge in [0.2, 0.25) is 0 Å². The fourth-order valence-electron chi connectivity index (χ4n) is 4.33. The summed E-state index contributed by atoms with van der Waals surface area (Å²) in [5, 5.41) is 10.6. The van der Waals surface area contributed by atoms with Crippen LogP contribution in [0.4, 0.5) is 0 Å². The quantitative estimate of drug-likeness (QED) is 0.487. The van der Waals surface area contributed by atoms with E-state index in [1.54, 1.807) is 0 Å². The van der Waals surface area contributed by atoms with Crippen LogP contribution in [0.2, 0.25) is 0 Å². The largest absolute Gasteiger partial charge is 0.392 e. The van der Waals surface area contributed by atoms with Crippen molar-refractivity contribution in [2.45, 2.75) is 58.2 Å². The van der Waals surface area contributed by atoms with E-state index < -0.39 is 0 Å². The summed E-state index contributed by atoms with van der Waals surface area (Å²) in [7, 11) is 0. The van der Waals surface area contributed by atoms with Crippen molar-refractivity contribution in [2.24, 2.45) is 0 Å². The highest BCUT2D eigenvalue weighted by molar-refractivity contribution is 5.28. The molecule has 3 rings (SSSR count). The van der Waals surface area contributed by atoms with E-state index in [-0.39, 0.29) is 11.5 Å². The van der Waals surface area contributed by atoms with E-state index in [4.69, 9.17) is 4.74 Å². The van der Waals surface area contributed by atoms with Crippen LogP contribution in [0.5, 0.6) is 0 Å². The van der Waals surface area contributed by atoms with E-state index in [2.05, 4.69) is 84.3 Å². The Hall–Kier alpha value is -1.92. The van der Waals surface area contributed by atoms with E-state index in [1.165, 1.54) is 16.8 Å². The van der Waals surface area contributed by atoms with Crippen LogP contribution in [0.25, 0.3) is 0 Å². The van der Waals surface area contributed by atoms with Crippen LogP contribution < -0.4 is 0 Å². The molecule has 0 aliphatic carbocycles. The highest BCUT2D eigenvalue weighted by Crippen LogP contribution is 2.22. The summed E-state index contributed by atoms with van der Waals surface area (Å²) in [5.41, 5.74) is 4.13. The summed E-state index contributed by atoms with van der Waals surface area (Å²) < 4.78 is 7.83. The van der Waals surface area contributed by atoms with Gasteiger partial charge in [-0.15, -0.1) is 6.58 Å². The first kappa shape index (κ1) is 25.7. The standard InChI is InChI=1S/C28H43N3O2/c1-5-6-9-27(32)23-30(16-15-29-17-19-33-20-18-29)22-26-8-7-14-31(26)21-24-10-12-25(13-11-24)28(2,3)4/h5,7-8,10-14,27,32H,1,6,9,15-23H2,2-4H3. The lowest BCUT2D eigenvalue weighted by Gasteiger charge is -2.31. The molecule has 5 nitrogen and oxygen atoms in total. The molecule has 5 heteroatoms. The van der Waals surface area contributed by atoms with E-state index in [9.17, 15) is 5.11 Å². The lowest BCUT2D eigenvalue weighted by atomic mass is 9.87. The number of rotatable bonds is 12. The Bertz CT molecular complexity index is 832. The minimum absolute atomic E-state index is 0.171. The molecule has 2 heterocycles. The summed E-state index contributed by atoms with van der Waals surface area (Å²) in [6.45, 7) is 18.5. The maximum absolute atomic E-state index is 10.6. The Balaban J connectivity index is 1.64. The molecule has 1 N–H and O–H groups in total. The highest BCUT2D eigenvalue weighted by atomic mass is 16.5. The third-order valence-electron chi connectivity index (χ3n) is 6.49. The normalized spacial score (nSPS) is 16.3. The van der Waals surface area contributed by atoms with Gasteiger partial charge >= 0.3 is 0 Å². The van der Waals surface area contributed by atoms with Gasteiger partial charge in [-0.25, -0.2) is 0 Å². The second-order valence-electron chi connectivity index (χ2n) is 10.3. The fraction of sp³-hybridized carbons (Fsp3) is 0.571. The van der Waals surface area contributed by atoms with Gasteiger partial charge in [-0.2, -0.15) is 0 Å². The van der Waals surface area contributed by atoms with Crippen molar-refractivity contribution in [1.82, 2.24) is 14.4 Å². The Labute approximate surface area is 200 Å². The Kier molecular flexibility index (Phi) is 9.75. The maximum atomic E-state index is 10.6. The van der Waals surface area contributed by atoms with Crippen LogP contribution >= 0.6 is 0 Å². The molecule has 1 saturated heterocycles. The average molecular weight is 454 g/mol. The molecule has 1 fully saturated rings. The number of morpholine rings is 1. The summed E-state index contributed by atoms with van der Waals surface area (Å²) >= 11 is 0. The number of allylic oxidation sites excluding steroid dienone is 1. The SMILES string of the molecule is C=CCCC(O)CN(CCN1CCOCC1)Cc1cccn1Cc1ccc(C(C)(C)C)cc1. The fourth-order valence-corrected chi connectivity index (χ4v) is 4.33. The first-order valence-corrected chi connectivity index (χ1v) is 12.4. The van der Waals surface area contributed by atoms with E-state index >= 15 is 0 Å². The molecule has 0 bridgehead atoms. The minimum atomic E-state index is -0.332. The molecule has 1 atom stereocenters. The predicted molar refractivity (Wildman–Crippen MR) is 137 cm³/mol. The van der Waals surface area contributed by atoms with Crippen molar-refractivity contribution in [2.75, 3.05) is 45.9 Å². The zero-order chi connectivity index (χ0) is 23.7. The van der Waals surface area contributed by atoms with Crippen LogP contribution in [0, 0.1) is 0 Å². The van der Waals surface area contributed by atoms with Crippen LogP contribution in [-0.2, 0) is 23.2 Å². The van der Waals surface area contributed by atoms with E-state index in [0.29, 0.717) is 6.54 Å². The molecule has 33 heavy (non-hydrogen) atoms. The Morgan fingerprint density at radius 1 is 1.15 bits per heavy atom. The molecule has 1 aromatic heterocycles. The van der Waals surface area contributed by atoms with E-state index in [1.807, 2.05) is 6.08 Å². The first-order chi connectivity index (χ1) is 15.8. The van der Waals surface area contributed by atoms with Gasteiger partial charge in [0.15, 0.2) is 0 Å². The number of aliphatic hydroxyl groups is 1. The monoisotopic (exact) mass is 453 g/mol. The maximum Gasteiger partial charge on any atom is 0.0670 e. The van der Waals surface area contributed by atoms with Crippen molar-refractivity contribution < 1.29 is 9.84 Å². The van der Waals surface area contributed by atoms with Crippen molar-refractivity contribution >= 4 is 0 Å². The average Bonchev–Trinajstić information content (AvgIpc) is 3.23. The molecule has 1 aliphatic heterocycles. The predicted octanol–water partition coefficient (Wildman–Crippen LogP) is 4.30. The smallest absolute Gasteiger partial charge is 0.0670 e. The topological polar surface area (TPSA) is 40.9 Å². The zero-order valence-corrected chi connectivity index (χ0v) is 20.9. The molecule has 0 spiro atoms. The number of hydrogen-bond donors (Lipinski definition) is 1. The summed E-state index contributed by atoms with van der Waals surface area (Å²) in [5.74, 6) is 0. The van der Waals surface area contributed by atoms with Crippen molar-refractivity contribution in [3.8, 4) is 0 Å². The highest BCUT2D eigenvalue weighted by Gasteiger charge is 2.17. The number of nitrogens with zero attached hydrogens (tertiary/aromatic N) is 3. The molecule has 1 unspecified atom stereocenters. The van der Waals surface area contributed by atoms with E-state index in [0.717, 1.165) is 65.3 Å². The number of hydrogen-bond acceptors (Lipinski definition) is 4. The molecular formula is C28H43N3O2. The number of ether oxygens (including phenoxy) is 1. The third kappa shape index (κ3) is 8.42. The van der Waals surface area contributed by atoms with Crippen molar-refractivity contribution in [3.63, 3.8) is 0 Å². The van der Waals surface area contributed by atoms with Gasteiger partial charge in [-0.3, -0.25) is 9.80 Å². The molecule has 1 aromatic carbocycles. The molecule has 0 amide bonds. The summed E-state index contributed by atoms with van der Waals surface area (Å²) in [6, 6.07) is 13.3. The third-order valence-corrected chi connectivity index (χ3v) is 6.49. The van der Waals surface area contributed by atoms with Gasteiger partial charge in [0.1, 0.15) is 0 Å². The molecule has 0 saturated carbocycles. The first-order valence-electron chi connectivity index (χ1n) is 12.4. The van der Waals surface area contributed by atoms with Gasteiger partial charge in [0.05, 0.1) is 19.3 Å². The summed E-state index contributed by atoms with van der Waals surface area (Å²) in [4.78, 5) is 4.86. The number of aromatic nitrogens is 1.